The third kappa shape index (κ3) is 8.01. The number of hydrogen-bond donors (Lipinski definition) is 2. The van der Waals surface area contributed by atoms with E-state index in [1.54, 1.807) is 36.4 Å². The Kier molecular flexibility index (Phi) is 12.6. The Bertz CT molecular complexity index is 2950. The zero-order valence-electron chi connectivity index (χ0n) is 37.2. The first kappa shape index (κ1) is 44.7. The van der Waals surface area contributed by atoms with Crippen LogP contribution in [0.25, 0.3) is 10.2 Å². The van der Waals surface area contributed by atoms with Crippen molar-refractivity contribution < 1.29 is 43.2 Å². The van der Waals surface area contributed by atoms with Gasteiger partial charge < -0.3 is 29.4 Å². The summed E-state index contributed by atoms with van der Waals surface area (Å²) in [6.45, 7) is -0.373. The smallest absolute Gasteiger partial charge is 0.421 e. The summed E-state index contributed by atoms with van der Waals surface area (Å²) < 4.78 is 24.4. The standard InChI is InChI=1S/C54H48N4O9S/c1-64-30-31-66-53(63)57-42-27-26-35(25-24-34-14-5-2-6-15-34)32-40(42)54(51(57)62)44(49(60)56-52-55-41-22-11-12-23-43(41)68-52)46-50(61)67-47(37-18-9-4-10-19-37)45(36-16-7-3-8-17-36)58(46)48(54)38-20-13-21-39(33-38)65-29-28-59/h3-4,7-14,16-23,26-27,32-33,44-48,59H,2,5-6,15,28-31H2,1H3,(H,55,56,60)/t44-,45-,46-,47+,48+,54-/m0/s1. The number of anilines is 2. The van der Waals surface area contributed by atoms with Crippen molar-refractivity contribution in [2.24, 2.45) is 5.92 Å². The molecule has 2 N–H and O–H groups in total. The van der Waals surface area contributed by atoms with Crippen LogP contribution in [0.5, 0.6) is 5.75 Å². The van der Waals surface area contributed by atoms with Crippen LogP contribution in [0.4, 0.5) is 15.6 Å². The quantitative estimate of drug-likeness (QED) is 0.0729. The minimum absolute atomic E-state index is 0.0187. The lowest BCUT2D eigenvalue weighted by Crippen LogP contribution is -2.54. The number of aromatic nitrogens is 1. The van der Waals surface area contributed by atoms with Crippen LogP contribution in [-0.4, -0.2) is 78.4 Å². The molecule has 10 rings (SSSR count). The average molecular weight is 929 g/mol. The second kappa shape index (κ2) is 19.2. The van der Waals surface area contributed by atoms with Gasteiger partial charge in [0, 0.05) is 12.7 Å². The van der Waals surface area contributed by atoms with Gasteiger partial charge in [-0.05, 0) is 96.0 Å². The fourth-order valence-electron chi connectivity index (χ4n) is 10.4. The van der Waals surface area contributed by atoms with Crippen molar-refractivity contribution in [2.45, 2.75) is 55.3 Å². The van der Waals surface area contributed by atoms with Crippen LogP contribution >= 0.6 is 11.3 Å². The number of morpholine rings is 1. The van der Waals surface area contributed by atoms with Crippen molar-refractivity contribution in [1.82, 2.24) is 9.88 Å². The van der Waals surface area contributed by atoms with Crippen LogP contribution in [-0.2, 0) is 34.0 Å². The molecule has 0 bridgehead atoms. The molecule has 2 saturated heterocycles. The predicted molar refractivity (Wildman–Crippen MR) is 256 cm³/mol. The van der Waals surface area contributed by atoms with Gasteiger partial charge in [0.25, 0.3) is 0 Å². The monoisotopic (exact) mass is 928 g/mol. The zero-order chi connectivity index (χ0) is 46.8. The summed E-state index contributed by atoms with van der Waals surface area (Å²) in [5.74, 6) is 3.29. The molecule has 1 aliphatic carbocycles. The molecule has 13 nitrogen and oxygen atoms in total. The first-order valence-corrected chi connectivity index (χ1v) is 23.6. The maximum atomic E-state index is 16.5. The largest absolute Gasteiger partial charge is 0.491 e. The Balaban J connectivity index is 1.27. The van der Waals surface area contributed by atoms with Crippen LogP contribution in [0.3, 0.4) is 0 Å². The molecule has 3 aliphatic heterocycles. The Labute approximate surface area is 397 Å². The summed E-state index contributed by atoms with van der Waals surface area (Å²) in [5.41, 5.74) is 2.57. The van der Waals surface area contributed by atoms with E-state index < -0.39 is 59.4 Å². The molecular weight excluding hydrogens is 881 g/mol. The van der Waals surface area contributed by atoms with Gasteiger partial charge in [-0.2, -0.15) is 0 Å². The molecule has 5 aromatic carbocycles. The number of carbonyl (C=O) groups is 4. The van der Waals surface area contributed by atoms with Crippen molar-refractivity contribution in [3.05, 3.63) is 167 Å². The molecule has 4 aliphatic rings. The molecule has 1 aromatic heterocycles. The SMILES string of the molecule is COCCOC(=O)N1C(=O)[C@@]2(c3cc(C#CC4=CCCCC4)ccc31)[C@H](C(=O)Nc1nc3ccccc3s1)[C@H]1C(=O)O[C@H](c3ccccc3)[C@H](c3ccccc3)N1[C@@H]2c1cccc(OCCO)c1. The van der Waals surface area contributed by atoms with E-state index in [4.69, 9.17) is 23.9 Å². The number of carbonyl (C=O) groups excluding carboxylic acids is 4. The Morgan fingerprint density at radius 1 is 0.853 bits per heavy atom. The number of esters is 1. The molecule has 6 aromatic rings. The number of allylic oxidation sites excluding steroid dienone is 2. The number of thiazole rings is 1. The van der Waals surface area contributed by atoms with Crippen molar-refractivity contribution in [2.75, 3.05) is 43.8 Å². The minimum atomic E-state index is -2.06. The number of methoxy groups -OCH3 is 1. The van der Waals surface area contributed by atoms with Gasteiger partial charge in [-0.3, -0.25) is 19.3 Å². The number of para-hydroxylation sites is 1. The lowest BCUT2D eigenvalue weighted by Gasteiger charge is -2.46. The lowest BCUT2D eigenvalue weighted by molar-refractivity contribution is -0.177. The minimum Gasteiger partial charge on any atom is -0.491 e. The molecular formula is C54H48N4O9S. The highest BCUT2D eigenvalue weighted by Crippen LogP contribution is 2.66. The van der Waals surface area contributed by atoms with E-state index in [0.717, 1.165) is 46.4 Å². The molecule has 4 heterocycles. The van der Waals surface area contributed by atoms with Gasteiger partial charge in [-0.15, -0.1) is 0 Å². The number of aliphatic hydroxyl groups excluding tert-OH is 1. The van der Waals surface area contributed by atoms with Gasteiger partial charge in [0.15, 0.2) is 5.13 Å². The summed E-state index contributed by atoms with van der Waals surface area (Å²) in [7, 11) is 1.47. The van der Waals surface area contributed by atoms with E-state index in [2.05, 4.69) is 23.2 Å². The van der Waals surface area contributed by atoms with Crippen molar-refractivity contribution in [1.29, 1.82) is 0 Å². The number of cyclic esters (lactones) is 1. The van der Waals surface area contributed by atoms with Crippen LogP contribution < -0.4 is 15.0 Å². The van der Waals surface area contributed by atoms with Gasteiger partial charge >= 0.3 is 12.1 Å². The van der Waals surface area contributed by atoms with E-state index in [9.17, 15) is 9.90 Å². The maximum Gasteiger partial charge on any atom is 0.421 e. The van der Waals surface area contributed by atoms with E-state index in [1.807, 2.05) is 95.9 Å². The number of benzene rings is 5. The van der Waals surface area contributed by atoms with Crippen LogP contribution in [0, 0.1) is 17.8 Å². The first-order valence-electron chi connectivity index (χ1n) is 22.8. The van der Waals surface area contributed by atoms with Crippen LogP contribution in [0.1, 0.15) is 71.7 Å². The highest BCUT2D eigenvalue weighted by molar-refractivity contribution is 7.22. The Morgan fingerprint density at radius 3 is 2.37 bits per heavy atom. The molecule has 3 amide bonds. The summed E-state index contributed by atoms with van der Waals surface area (Å²) >= 11 is 1.26. The summed E-state index contributed by atoms with van der Waals surface area (Å²) in [5, 5.41) is 13.1. The molecule has 14 heteroatoms. The normalized spacial score (nSPS) is 23.0. The number of nitrogens with zero attached hydrogens (tertiary/aromatic N) is 3. The molecule has 0 radical (unpaired) electrons. The molecule has 6 atom stereocenters. The number of amides is 3. The Hall–Kier alpha value is -7.15. The lowest BCUT2D eigenvalue weighted by atomic mass is 9.65. The highest BCUT2D eigenvalue weighted by atomic mass is 32.1. The van der Waals surface area contributed by atoms with Gasteiger partial charge in [0.05, 0.1) is 47.1 Å². The Morgan fingerprint density at radius 2 is 1.62 bits per heavy atom. The molecule has 68 heavy (non-hydrogen) atoms. The molecule has 0 unspecified atom stereocenters. The first-order chi connectivity index (χ1) is 33.3. The third-order valence-corrected chi connectivity index (χ3v) is 14.1. The third-order valence-electron chi connectivity index (χ3n) is 13.2. The summed E-state index contributed by atoms with van der Waals surface area (Å²) in [4.78, 5) is 70.1. The summed E-state index contributed by atoms with van der Waals surface area (Å²) in [6, 6.07) is 35.3. The maximum absolute atomic E-state index is 16.5. The predicted octanol–water partition coefficient (Wildman–Crippen LogP) is 8.61. The van der Waals surface area contributed by atoms with Crippen molar-refractivity contribution in [3.8, 4) is 17.6 Å². The second-order valence-corrected chi connectivity index (χ2v) is 18.1. The van der Waals surface area contributed by atoms with Crippen LogP contribution in [0.15, 0.2) is 139 Å². The van der Waals surface area contributed by atoms with Crippen molar-refractivity contribution >= 4 is 56.2 Å². The number of fused-ring (bicyclic) bond motifs is 4. The number of aliphatic hydroxyl groups is 1. The van der Waals surface area contributed by atoms with E-state index in [0.29, 0.717) is 33.5 Å². The van der Waals surface area contributed by atoms with Gasteiger partial charge in [-0.25, -0.2) is 14.7 Å². The number of ether oxygens (including phenoxy) is 4. The van der Waals surface area contributed by atoms with Gasteiger partial charge in [-0.1, -0.05) is 114 Å². The number of rotatable bonds is 11. The molecule has 344 valence electrons. The van der Waals surface area contributed by atoms with Gasteiger partial charge in [0.2, 0.25) is 11.8 Å². The van der Waals surface area contributed by atoms with E-state index >= 15 is 14.4 Å². The zero-order valence-corrected chi connectivity index (χ0v) is 38.0. The average Bonchev–Trinajstić information content (AvgIpc) is 4.01. The van der Waals surface area contributed by atoms with Gasteiger partial charge in [0.1, 0.15) is 36.5 Å². The number of imide groups is 1. The van der Waals surface area contributed by atoms with E-state index in [-0.39, 0.29) is 37.2 Å². The van der Waals surface area contributed by atoms with Crippen LogP contribution in [0.2, 0.25) is 0 Å². The second-order valence-electron chi connectivity index (χ2n) is 17.1. The highest BCUT2D eigenvalue weighted by Gasteiger charge is 2.76. The topological polar surface area (TPSA) is 157 Å². The number of nitrogens with one attached hydrogen (secondary N) is 1. The molecule has 0 saturated carbocycles. The van der Waals surface area contributed by atoms with E-state index in [1.165, 1.54) is 18.4 Å². The fourth-order valence-corrected chi connectivity index (χ4v) is 11.3. The molecule has 1 spiro atoms. The summed E-state index contributed by atoms with van der Waals surface area (Å²) in [6.07, 6.45) is 4.13. The molecule has 2 fully saturated rings. The number of hydrogen-bond acceptors (Lipinski definition) is 12. The fraction of sp³-hybridized carbons (Fsp3) is 0.278. The van der Waals surface area contributed by atoms with Crippen molar-refractivity contribution in [3.63, 3.8) is 0 Å².